The molecule has 0 aromatic carbocycles. The summed E-state index contributed by atoms with van der Waals surface area (Å²) in [6.45, 7) is 6.44. The van der Waals surface area contributed by atoms with Crippen LogP contribution in [0.2, 0.25) is 0 Å². The van der Waals surface area contributed by atoms with Gasteiger partial charge in [-0.3, -0.25) is 14.5 Å². The van der Waals surface area contributed by atoms with E-state index in [0.717, 1.165) is 11.1 Å². The second-order valence-electron chi connectivity index (χ2n) is 6.06. The van der Waals surface area contributed by atoms with E-state index in [9.17, 15) is 9.59 Å². The van der Waals surface area contributed by atoms with Gasteiger partial charge in [-0.2, -0.15) is 0 Å². The summed E-state index contributed by atoms with van der Waals surface area (Å²) in [6, 6.07) is 0. The molecule has 2 bridgehead atoms. The maximum atomic E-state index is 12.4. The molecule has 0 saturated carbocycles. The third-order valence-corrected chi connectivity index (χ3v) is 4.22. The van der Waals surface area contributed by atoms with Crippen LogP contribution in [0.5, 0.6) is 0 Å². The first kappa shape index (κ1) is 13.1. The van der Waals surface area contributed by atoms with Gasteiger partial charge in [-0.05, 0) is 26.3 Å². The van der Waals surface area contributed by atoms with Gasteiger partial charge in [0.2, 0.25) is 11.8 Å². The predicted molar refractivity (Wildman–Crippen MR) is 77.6 cm³/mol. The maximum Gasteiger partial charge on any atom is 0.237 e. The topological polar surface area (TPSA) is 37.4 Å². The van der Waals surface area contributed by atoms with Gasteiger partial charge < -0.3 is 0 Å². The molecule has 0 aromatic rings. The van der Waals surface area contributed by atoms with Gasteiger partial charge in [-0.25, -0.2) is 0 Å². The lowest BCUT2D eigenvalue weighted by molar-refractivity contribution is -0.139. The molecule has 1 saturated heterocycles. The van der Waals surface area contributed by atoms with Crippen LogP contribution < -0.4 is 0 Å². The van der Waals surface area contributed by atoms with E-state index in [0.29, 0.717) is 6.54 Å². The number of fused-ring (bicyclic) bond motifs is 4. The molecule has 3 rings (SSSR count). The number of hydrogen-bond donors (Lipinski definition) is 0. The molecule has 3 nitrogen and oxygen atoms in total. The molecule has 2 unspecified atom stereocenters. The SMILES string of the molecule is CC(C)=C/C(C)=C\CN1C(=O)C2C3=C[C@@H](C=C3)C2C1=O. The molecule has 104 valence electrons. The van der Waals surface area contributed by atoms with Crippen LogP contribution in [0, 0.1) is 17.8 Å². The fourth-order valence-corrected chi connectivity index (χ4v) is 3.41. The fourth-order valence-electron chi connectivity index (χ4n) is 3.41. The minimum absolute atomic E-state index is 0.0122. The lowest BCUT2D eigenvalue weighted by atomic mass is 9.84. The van der Waals surface area contributed by atoms with Crippen molar-refractivity contribution in [2.75, 3.05) is 6.54 Å². The van der Waals surface area contributed by atoms with Gasteiger partial charge in [0.1, 0.15) is 0 Å². The number of rotatable bonds is 3. The molecule has 1 fully saturated rings. The van der Waals surface area contributed by atoms with E-state index in [1.165, 1.54) is 10.5 Å². The van der Waals surface area contributed by atoms with Crippen molar-refractivity contribution in [2.24, 2.45) is 17.8 Å². The van der Waals surface area contributed by atoms with Crippen LogP contribution in [0.1, 0.15) is 20.8 Å². The van der Waals surface area contributed by atoms with Gasteiger partial charge in [0.15, 0.2) is 0 Å². The van der Waals surface area contributed by atoms with Crippen LogP contribution in [0.4, 0.5) is 0 Å². The van der Waals surface area contributed by atoms with Crippen LogP contribution in [-0.4, -0.2) is 23.3 Å². The van der Waals surface area contributed by atoms with Gasteiger partial charge in [0.25, 0.3) is 0 Å². The highest BCUT2D eigenvalue weighted by atomic mass is 16.2. The smallest absolute Gasteiger partial charge is 0.237 e. The summed E-state index contributed by atoms with van der Waals surface area (Å²) in [5, 5.41) is 0. The van der Waals surface area contributed by atoms with Crippen LogP contribution in [0.3, 0.4) is 0 Å². The number of imide groups is 1. The Kier molecular flexibility index (Phi) is 3.00. The van der Waals surface area contributed by atoms with E-state index < -0.39 is 0 Å². The average Bonchev–Trinajstić information content (AvgIpc) is 3.02. The van der Waals surface area contributed by atoms with Gasteiger partial charge in [0.05, 0.1) is 11.8 Å². The molecule has 0 spiro atoms. The number of amides is 2. The van der Waals surface area contributed by atoms with Crippen molar-refractivity contribution in [3.05, 3.63) is 47.1 Å². The first-order valence-electron chi connectivity index (χ1n) is 7.06. The minimum atomic E-state index is -0.213. The molecule has 3 aliphatic rings. The monoisotopic (exact) mass is 269 g/mol. The summed E-state index contributed by atoms with van der Waals surface area (Å²) in [4.78, 5) is 26.2. The Morgan fingerprint density at radius 3 is 2.65 bits per heavy atom. The molecule has 0 N–H and O–H groups in total. The van der Waals surface area contributed by atoms with E-state index in [4.69, 9.17) is 0 Å². The van der Waals surface area contributed by atoms with Crippen molar-refractivity contribution in [2.45, 2.75) is 20.8 Å². The zero-order valence-electron chi connectivity index (χ0n) is 12.1. The Morgan fingerprint density at radius 2 is 2.00 bits per heavy atom. The first-order chi connectivity index (χ1) is 9.49. The first-order valence-corrected chi connectivity index (χ1v) is 7.06. The summed E-state index contributed by atoms with van der Waals surface area (Å²) < 4.78 is 0. The molecular weight excluding hydrogens is 250 g/mol. The van der Waals surface area contributed by atoms with E-state index >= 15 is 0 Å². The average molecular weight is 269 g/mol. The highest BCUT2D eigenvalue weighted by Gasteiger charge is 2.55. The Balaban J connectivity index is 1.77. The highest BCUT2D eigenvalue weighted by molar-refractivity contribution is 6.08. The van der Waals surface area contributed by atoms with Crippen LogP contribution in [-0.2, 0) is 9.59 Å². The number of carbonyl (C=O) groups excluding carboxylic acids is 2. The molecule has 20 heavy (non-hydrogen) atoms. The summed E-state index contributed by atoms with van der Waals surface area (Å²) in [5.74, 6) is -0.283. The molecular formula is C17H19NO2. The summed E-state index contributed by atoms with van der Waals surface area (Å²) in [7, 11) is 0. The van der Waals surface area contributed by atoms with E-state index in [2.05, 4.69) is 12.2 Å². The summed E-state index contributed by atoms with van der Waals surface area (Å²) in [6.07, 6.45) is 10.1. The van der Waals surface area contributed by atoms with Gasteiger partial charge in [-0.1, -0.05) is 41.5 Å². The molecule has 2 amide bonds. The fraction of sp³-hybridized carbons (Fsp3) is 0.412. The van der Waals surface area contributed by atoms with Crippen molar-refractivity contribution in [3.63, 3.8) is 0 Å². The van der Waals surface area contributed by atoms with Crippen molar-refractivity contribution in [1.29, 1.82) is 0 Å². The summed E-state index contributed by atoms with van der Waals surface area (Å²) >= 11 is 0. The Hall–Kier alpha value is -1.90. The summed E-state index contributed by atoms with van der Waals surface area (Å²) in [5.41, 5.74) is 3.33. The van der Waals surface area contributed by atoms with E-state index in [1.807, 2.05) is 39.0 Å². The zero-order chi connectivity index (χ0) is 14.4. The third kappa shape index (κ3) is 1.89. The second kappa shape index (κ2) is 4.58. The highest BCUT2D eigenvalue weighted by Crippen LogP contribution is 2.48. The number of allylic oxidation sites excluding steroid dienone is 6. The van der Waals surface area contributed by atoms with Crippen LogP contribution in [0.15, 0.2) is 47.1 Å². The number of carbonyl (C=O) groups is 2. The van der Waals surface area contributed by atoms with Crippen LogP contribution in [0.25, 0.3) is 0 Å². The van der Waals surface area contributed by atoms with Gasteiger partial charge in [0, 0.05) is 12.5 Å². The third-order valence-electron chi connectivity index (χ3n) is 4.22. The number of hydrogen-bond acceptors (Lipinski definition) is 2. The number of likely N-dealkylation sites (tertiary alicyclic amines) is 1. The van der Waals surface area contributed by atoms with Crippen molar-refractivity contribution in [3.8, 4) is 0 Å². The van der Waals surface area contributed by atoms with Gasteiger partial charge in [-0.15, -0.1) is 0 Å². The minimum Gasteiger partial charge on any atom is -0.278 e. The molecule has 3 heteroatoms. The molecule has 1 heterocycles. The quantitative estimate of drug-likeness (QED) is 0.583. The maximum absolute atomic E-state index is 12.4. The predicted octanol–water partition coefficient (Wildman–Crippen LogP) is 2.63. The van der Waals surface area contributed by atoms with E-state index in [1.54, 1.807) is 0 Å². The Labute approximate surface area is 119 Å². The van der Waals surface area contributed by atoms with E-state index in [-0.39, 0.29) is 29.6 Å². The molecule has 1 aliphatic heterocycles. The lowest BCUT2D eigenvalue weighted by Crippen LogP contribution is -2.32. The lowest BCUT2D eigenvalue weighted by Gasteiger charge is -2.15. The molecule has 2 aliphatic carbocycles. The molecule has 0 radical (unpaired) electrons. The molecule has 0 aromatic heterocycles. The number of nitrogens with zero attached hydrogens (tertiary/aromatic N) is 1. The second-order valence-corrected chi connectivity index (χ2v) is 6.06. The van der Waals surface area contributed by atoms with Crippen molar-refractivity contribution >= 4 is 11.8 Å². The van der Waals surface area contributed by atoms with Gasteiger partial charge >= 0.3 is 0 Å². The standard InChI is InChI=1S/C17H19NO2/c1-10(2)8-11(3)6-7-18-16(19)14-12-4-5-13(9-12)15(14)17(18)20/h4-6,8-9,12,14-15H,7H2,1-3H3/b11-6-/t12-,14?,15?/m1/s1. The Bertz CT molecular complexity index is 602. The van der Waals surface area contributed by atoms with Crippen molar-refractivity contribution in [1.82, 2.24) is 4.90 Å². The zero-order valence-corrected chi connectivity index (χ0v) is 12.1. The Morgan fingerprint density at radius 1 is 1.25 bits per heavy atom. The molecule has 3 atom stereocenters. The largest absolute Gasteiger partial charge is 0.278 e. The van der Waals surface area contributed by atoms with Crippen molar-refractivity contribution < 1.29 is 9.59 Å². The normalized spacial score (nSPS) is 30.9. The van der Waals surface area contributed by atoms with Crippen LogP contribution >= 0.6 is 0 Å².